The van der Waals surface area contributed by atoms with Crippen LogP contribution in [0.5, 0.6) is 0 Å². The van der Waals surface area contributed by atoms with E-state index in [4.69, 9.17) is 5.73 Å². The van der Waals surface area contributed by atoms with Crippen LogP contribution in [0.2, 0.25) is 0 Å². The van der Waals surface area contributed by atoms with Gasteiger partial charge in [0.05, 0.1) is 0 Å². The van der Waals surface area contributed by atoms with Gasteiger partial charge in [0, 0.05) is 26.0 Å². The highest BCUT2D eigenvalue weighted by Gasteiger charge is 2.17. The van der Waals surface area contributed by atoms with Crippen molar-refractivity contribution < 1.29 is 0 Å². The number of fused-ring (bicyclic) bond motifs is 1. The van der Waals surface area contributed by atoms with Crippen LogP contribution < -0.4 is 5.73 Å². The number of thiophene rings is 1. The largest absolute Gasteiger partial charge is 0.323 e. The molecule has 1 aromatic heterocycles. The van der Waals surface area contributed by atoms with E-state index in [1.54, 1.807) is 4.88 Å². The predicted molar refractivity (Wildman–Crippen MR) is 89.0 cm³/mol. The van der Waals surface area contributed by atoms with Crippen molar-refractivity contribution in [2.75, 3.05) is 5.75 Å². The van der Waals surface area contributed by atoms with Crippen LogP contribution >= 0.6 is 39.0 Å². The Balaban J connectivity index is 1.79. The first-order chi connectivity index (χ1) is 9.24. The van der Waals surface area contributed by atoms with E-state index in [1.165, 1.54) is 28.2 Å². The molecule has 0 amide bonds. The van der Waals surface area contributed by atoms with Crippen molar-refractivity contribution in [1.82, 2.24) is 0 Å². The van der Waals surface area contributed by atoms with Gasteiger partial charge in [-0.15, -0.1) is 11.3 Å². The summed E-state index contributed by atoms with van der Waals surface area (Å²) in [6, 6.07) is 10.8. The Kier molecular flexibility index (Phi) is 4.32. The van der Waals surface area contributed by atoms with Crippen molar-refractivity contribution in [3.8, 4) is 0 Å². The number of hydrogen-bond donors (Lipinski definition) is 1. The summed E-state index contributed by atoms with van der Waals surface area (Å²) < 4.78 is 1.15. The van der Waals surface area contributed by atoms with Crippen LogP contribution in [0.25, 0.3) is 0 Å². The maximum Gasteiger partial charge on any atom is 0.0431 e. The number of benzene rings is 1. The average molecular weight is 354 g/mol. The maximum absolute atomic E-state index is 6.39. The fraction of sp³-hybridized carbons (Fsp3) is 0.333. The first-order valence-electron chi connectivity index (χ1n) is 6.42. The van der Waals surface area contributed by atoms with E-state index in [1.807, 2.05) is 29.2 Å². The van der Waals surface area contributed by atoms with E-state index in [9.17, 15) is 0 Å². The lowest BCUT2D eigenvalue weighted by Gasteiger charge is -2.11. The lowest BCUT2D eigenvalue weighted by atomic mass is 10.0. The van der Waals surface area contributed by atoms with E-state index in [0.29, 0.717) is 0 Å². The Bertz CT molecular complexity index is 556. The summed E-state index contributed by atoms with van der Waals surface area (Å²) in [5.74, 6) is 2.42. The lowest BCUT2D eigenvalue weighted by molar-refractivity contribution is 0.734. The van der Waals surface area contributed by atoms with Gasteiger partial charge in [-0.1, -0.05) is 34.1 Å². The van der Waals surface area contributed by atoms with Gasteiger partial charge < -0.3 is 5.73 Å². The number of nitrogens with two attached hydrogens (primary N) is 1. The van der Waals surface area contributed by atoms with Gasteiger partial charge in [-0.05, 0) is 41.9 Å². The van der Waals surface area contributed by atoms with Gasteiger partial charge in [0.1, 0.15) is 0 Å². The summed E-state index contributed by atoms with van der Waals surface area (Å²) in [6.07, 6.45) is 2.11. The zero-order valence-electron chi connectivity index (χ0n) is 10.6. The first kappa shape index (κ1) is 13.7. The third-order valence-corrected chi connectivity index (χ3v) is 6.56. The zero-order chi connectivity index (χ0) is 13.2. The van der Waals surface area contributed by atoms with Gasteiger partial charge in [0.2, 0.25) is 0 Å². The molecular formula is C15H16BrNS2. The highest BCUT2D eigenvalue weighted by atomic mass is 79.9. The van der Waals surface area contributed by atoms with E-state index < -0.39 is 0 Å². The van der Waals surface area contributed by atoms with Gasteiger partial charge in [-0.2, -0.15) is 11.8 Å². The third-order valence-electron chi connectivity index (χ3n) is 3.41. The smallest absolute Gasteiger partial charge is 0.0431 e. The fourth-order valence-electron chi connectivity index (χ4n) is 2.35. The number of halogens is 1. The molecule has 0 saturated heterocycles. The lowest BCUT2D eigenvalue weighted by Crippen LogP contribution is -2.12. The van der Waals surface area contributed by atoms with Crippen LogP contribution in [0.4, 0.5) is 0 Å². The molecule has 0 radical (unpaired) electrons. The van der Waals surface area contributed by atoms with Crippen molar-refractivity contribution in [3.63, 3.8) is 0 Å². The van der Waals surface area contributed by atoms with E-state index in [-0.39, 0.29) is 6.04 Å². The number of rotatable bonds is 3. The minimum Gasteiger partial charge on any atom is -0.323 e. The normalized spacial score (nSPS) is 16.1. The molecule has 2 heterocycles. The highest BCUT2D eigenvalue weighted by Crippen LogP contribution is 2.35. The molecule has 100 valence electrons. The number of aryl methyl sites for hydroxylation is 1. The fourth-order valence-corrected chi connectivity index (χ4v) is 5.18. The molecule has 3 rings (SSSR count). The number of thioether (sulfide) groups is 1. The Hall–Kier alpha value is -0.290. The van der Waals surface area contributed by atoms with Crippen molar-refractivity contribution in [2.24, 2.45) is 5.73 Å². The standard InChI is InChI=1S/C15H16BrNS2/c16-12-4-2-1-3-10(12)7-13(17)15-8-11-9-18-6-5-14(11)19-15/h1-4,8,13H,5-7,9,17H2. The molecule has 0 saturated carbocycles. The van der Waals surface area contributed by atoms with Gasteiger partial charge in [-0.25, -0.2) is 0 Å². The third kappa shape index (κ3) is 3.07. The molecule has 1 aromatic carbocycles. The molecule has 4 heteroatoms. The summed E-state index contributed by atoms with van der Waals surface area (Å²) in [5, 5.41) is 0. The summed E-state index contributed by atoms with van der Waals surface area (Å²) in [6.45, 7) is 0. The zero-order valence-corrected chi connectivity index (χ0v) is 13.8. The van der Waals surface area contributed by atoms with Gasteiger partial charge >= 0.3 is 0 Å². The Morgan fingerprint density at radius 3 is 2.95 bits per heavy atom. The van der Waals surface area contributed by atoms with Crippen molar-refractivity contribution >= 4 is 39.0 Å². The van der Waals surface area contributed by atoms with Crippen LogP contribution in [-0.2, 0) is 18.6 Å². The second-order valence-electron chi connectivity index (χ2n) is 4.80. The van der Waals surface area contributed by atoms with E-state index >= 15 is 0 Å². The molecule has 0 fully saturated rings. The monoisotopic (exact) mass is 353 g/mol. The molecule has 1 unspecified atom stereocenters. The molecular weight excluding hydrogens is 338 g/mol. The second kappa shape index (κ2) is 6.00. The molecule has 1 aliphatic rings. The van der Waals surface area contributed by atoms with E-state index in [2.05, 4.69) is 40.2 Å². The van der Waals surface area contributed by atoms with Crippen LogP contribution in [-0.4, -0.2) is 5.75 Å². The first-order valence-corrected chi connectivity index (χ1v) is 9.18. The average Bonchev–Trinajstić information content (AvgIpc) is 2.85. The summed E-state index contributed by atoms with van der Waals surface area (Å²) in [4.78, 5) is 2.89. The van der Waals surface area contributed by atoms with Gasteiger partial charge in [-0.3, -0.25) is 0 Å². The minimum atomic E-state index is 0.110. The molecule has 2 aromatic rings. The Morgan fingerprint density at radius 1 is 1.32 bits per heavy atom. The summed E-state index contributed by atoms with van der Waals surface area (Å²) >= 11 is 7.54. The van der Waals surface area contributed by atoms with Crippen LogP contribution in [0, 0.1) is 0 Å². The van der Waals surface area contributed by atoms with Crippen LogP contribution in [0.15, 0.2) is 34.8 Å². The molecule has 1 nitrogen and oxygen atoms in total. The molecule has 19 heavy (non-hydrogen) atoms. The molecule has 0 spiro atoms. The molecule has 0 aliphatic carbocycles. The quantitative estimate of drug-likeness (QED) is 0.876. The SMILES string of the molecule is NC(Cc1ccccc1Br)c1cc2c(s1)CCSC2. The summed E-state index contributed by atoms with van der Waals surface area (Å²) in [5.41, 5.74) is 9.19. The van der Waals surface area contributed by atoms with Crippen molar-refractivity contribution in [1.29, 1.82) is 0 Å². The number of hydrogen-bond acceptors (Lipinski definition) is 3. The molecule has 1 atom stereocenters. The summed E-state index contributed by atoms with van der Waals surface area (Å²) in [7, 11) is 0. The minimum absolute atomic E-state index is 0.110. The molecule has 2 N–H and O–H groups in total. The predicted octanol–water partition coefficient (Wildman–Crippen LogP) is 4.54. The topological polar surface area (TPSA) is 26.0 Å². The molecule has 0 bridgehead atoms. The van der Waals surface area contributed by atoms with Gasteiger partial charge in [0.15, 0.2) is 0 Å². The second-order valence-corrected chi connectivity index (χ2v) is 7.93. The maximum atomic E-state index is 6.39. The Labute approximate surface area is 130 Å². The Morgan fingerprint density at radius 2 is 2.16 bits per heavy atom. The van der Waals surface area contributed by atoms with Crippen LogP contribution in [0.1, 0.15) is 26.9 Å². The van der Waals surface area contributed by atoms with E-state index in [0.717, 1.165) is 16.6 Å². The van der Waals surface area contributed by atoms with Crippen molar-refractivity contribution in [2.45, 2.75) is 24.6 Å². The van der Waals surface area contributed by atoms with Gasteiger partial charge in [0.25, 0.3) is 0 Å². The van der Waals surface area contributed by atoms with Crippen molar-refractivity contribution in [3.05, 3.63) is 55.7 Å². The van der Waals surface area contributed by atoms with Crippen LogP contribution in [0.3, 0.4) is 0 Å². The molecule has 1 aliphatic heterocycles. The highest BCUT2D eigenvalue weighted by molar-refractivity contribution is 9.10.